The Morgan fingerprint density at radius 3 is 2.53 bits per heavy atom. The summed E-state index contributed by atoms with van der Waals surface area (Å²) >= 11 is 0. The Bertz CT molecular complexity index is 1380. The molecule has 0 amide bonds. The van der Waals surface area contributed by atoms with Gasteiger partial charge < -0.3 is 9.30 Å². The van der Waals surface area contributed by atoms with E-state index in [0.717, 1.165) is 30.7 Å². The summed E-state index contributed by atoms with van der Waals surface area (Å²) in [5.74, 6) is 0. The Morgan fingerprint density at radius 2 is 1.80 bits per heavy atom. The molecule has 6 nitrogen and oxygen atoms in total. The Balaban J connectivity index is 1.74. The number of hydrogen-bond acceptors (Lipinski definition) is 4. The van der Waals surface area contributed by atoms with Crippen molar-refractivity contribution in [3.05, 3.63) is 80.8 Å². The van der Waals surface area contributed by atoms with Crippen LogP contribution in [0.15, 0.2) is 58.4 Å². The molecule has 30 heavy (non-hydrogen) atoms. The summed E-state index contributed by atoms with van der Waals surface area (Å²) in [6, 6.07) is 11.5. The van der Waals surface area contributed by atoms with Gasteiger partial charge in [0.25, 0.3) is 11.1 Å². The maximum Gasteiger partial charge on any atom is 0.265 e. The minimum atomic E-state index is -0.176. The van der Waals surface area contributed by atoms with Crippen LogP contribution in [0.2, 0.25) is 0 Å². The molecule has 152 valence electrons. The first-order valence-corrected chi connectivity index (χ1v) is 10.3. The van der Waals surface area contributed by atoms with Gasteiger partial charge in [-0.15, -0.1) is 0 Å². The zero-order valence-electron chi connectivity index (χ0n) is 17.1. The van der Waals surface area contributed by atoms with E-state index >= 15 is 0 Å². The third kappa shape index (κ3) is 3.04. The zero-order valence-corrected chi connectivity index (χ0v) is 17.1. The second kappa shape index (κ2) is 7.22. The topological polar surface area (TPSA) is 66.1 Å². The number of fused-ring (bicyclic) bond motifs is 3. The lowest BCUT2D eigenvalue weighted by Crippen LogP contribution is -2.27. The normalized spacial score (nSPS) is 16.5. The summed E-state index contributed by atoms with van der Waals surface area (Å²) in [5, 5.41) is 1.62. The number of hydrogen-bond donors (Lipinski definition) is 0. The highest BCUT2D eigenvalue weighted by molar-refractivity contribution is 6.05. The number of pyridine rings is 3. The molecule has 4 aromatic rings. The molecule has 1 aliphatic heterocycles. The van der Waals surface area contributed by atoms with Gasteiger partial charge in [0.2, 0.25) is 0 Å². The lowest BCUT2D eigenvalue weighted by atomic mass is 10.1. The fourth-order valence-corrected chi connectivity index (χ4v) is 4.30. The van der Waals surface area contributed by atoms with E-state index in [1.807, 2.05) is 50.2 Å². The number of aryl methyl sites for hydroxylation is 2. The van der Waals surface area contributed by atoms with E-state index in [1.165, 1.54) is 0 Å². The van der Waals surface area contributed by atoms with Gasteiger partial charge in [-0.1, -0.05) is 17.7 Å². The fourth-order valence-electron chi connectivity index (χ4n) is 4.30. The lowest BCUT2D eigenvalue weighted by Gasteiger charge is -2.14. The average molecular weight is 401 g/mol. The third-order valence-electron chi connectivity index (χ3n) is 5.89. The highest BCUT2D eigenvalue weighted by Gasteiger charge is 2.19. The summed E-state index contributed by atoms with van der Waals surface area (Å²) in [6.07, 6.45) is 5.56. The van der Waals surface area contributed by atoms with Gasteiger partial charge in [0.15, 0.2) is 0 Å². The van der Waals surface area contributed by atoms with Gasteiger partial charge in [-0.3, -0.25) is 19.1 Å². The molecule has 1 fully saturated rings. The Hall–Kier alpha value is -3.25. The van der Waals surface area contributed by atoms with E-state index in [4.69, 9.17) is 4.74 Å². The molecule has 6 heteroatoms. The summed E-state index contributed by atoms with van der Waals surface area (Å²) in [4.78, 5) is 31.2. The molecular weight excluding hydrogens is 378 g/mol. The second-order valence-corrected chi connectivity index (χ2v) is 7.98. The van der Waals surface area contributed by atoms with Crippen LogP contribution in [-0.4, -0.2) is 26.8 Å². The van der Waals surface area contributed by atoms with Crippen LogP contribution in [0.1, 0.15) is 24.1 Å². The summed E-state index contributed by atoms with van der Waals surface area (Å²) in [6.45, 7) is 5.10. The van der Waals surface area contributed by atoms with E-state index < -0.39 is 0 Å². The van der Waals surface area contributed by atoms with E-state index in [1.54, 1.807) is 21.5 Å². The molecule has 1 atom stereocenters. The zero-order chi connectivity index (χ0) is 20.8. The van der Waals surface area contributed by atoms with Crippen molar-refractivity contribution in [1.82, 2.24) is 14.1 Å². The monoisotopic (exact) mass is 401 g/mol. The summed E-state index contributed by atoms with van der Waals surface area (Å²) in [7, 11) is 0. The molecular formula is C24H23N3O3. The summed E-state index contributed by atoms with van der Waals surface area (Å²) in [5.41, 5.74) is 2.85. The van der Waals surface area contributed by atoms with Crippen molar-refractivity contribution in [2.75, 3.05) is 6.61 Å². The van der Waals surface area contributed by atoms with Crippen LogP contribution in [0, 0.1) is 13.8 Å². The van der Waals surface area contributed by atoms with Gasteiger partial charge in [0, 0.05) is 30.1 Å². The Labute approximate surface area is 173 Å². The van der Waals surface area contributed by atoms with Gasteiger partial charge >= 0.3 is 0 Å². The average Bonchev–Trinajstić information content (AvgIpc) is 3.24. The Morgan fingerprint density at radius 1 is 1.00 bits per heavy atom. The number of aromatic nitrogens is 3. The van der Waals surface area contributed by atoms with E-state index in [-0.39, 0.29) is 17.2 Å². The van der Waals surface area contributed by atoms with Crippen molar-refractivity contribution in [3.8, 4) is 5.69 Å². The van der Waals surface area contributed by atoms with Crippen molar-refractivity contribution in [1.29, 1.82) is 0 Å². The van der Waals surface area contributed by atoms with Crippen molar-refractivity contribution >= 4 is 21.7 Å². The Kier molecular flexibility index (Phi) is 4.51. The van der Waals surface area contributed by atoms with Crippen LogP contribution in [0.4, 0.5) is 0 Å². The maximum atomic E-state index is 13.4. The molecule has 5 rings (SSSR count). The molecule has 0 saturated carbocycles. The predicted octanol–water partition coefficient (Wildman–Crippen LogP) is 3.50. The number of rotatable bonds is 3. The predicted molar refractivity (Wildman–Crippen MR) is 118 cm³/mol. The molecule has 1 unspecified atom stereocenters. The van der Waals surface area contributed by atoms with E-state index in [9.17, 15) is 9.59 Å². The molecule has 0 spiro atoms. The van der Waals surface area contributed by atoms with Crippen molar-refractivity contribution in [3.63, 3.8) is 0 Å². The van der Waals surface area contributed by atoms with Crippen LogP contribution in [0.5, 0.6) is 0 Å². The fraction of sp³-hybridized carbons (Fsp3) is 0.292. The summed E-state index contributed by atoms with van der Waals surface area (Å²) < 4.78 is 8.98. The molecule has 4 heterocycles. The second-order valence-electron chi connectivity index (χ2n) is 7.98. The minimum absolute atomic E-state index is 0.0626. The van der Waals surface area contributed by atoms with Gasteiger partial charge in [-0.2, -0.15) is 0 Å². The highest BCUT2D eigenvalue weighted by atomic mass is 16.5. The molecule has 1 aromatic carbocycles. The van der Waals surface area contributed by atoms with Crippen LogP contribution >= 0.6 is 0 Å². The molecule has 1 aliphatic rings. The first-order valence-electron chi connectivity index (χ1n) is 10.3. The maximum absolute atomic E-state index is 13.4. The van der Waals surface area contributed by atoms with Crippen molar-refractivity contribution in [2.45, 2.75) is 39.3 Å². The van der Waals surface area contributed by atoms with E-state index in [0.29, 0.717) is 33.9 Å². The van der Waals surface area contributed by atoms with E-state index in [2.05, 4.69) is 4.98 Å². The van der Waals surface area contributed by atoms with Crippen molar-refractivity contribution in [2.24, 2.45) is 0 Å². The molecule has 0 aliphatic carbocycles. The van der Waals surface area contributed by atoms with Crippen LogP contribution in [0.3, 0.4) is 0 Å². The van der Waals surface area contributed by atoms with Crippen molar-refractivity contribution < 1.29 is 4.74 Å². The van der Waals surface area contributed by atoms with Crippen LogP contribution in [0.25, 0.3) is 27.4 Å². The highest BCUT2D eigenvalue weighted by Crippen LogP contribution is 2.22. The lowest BCUT2D eigenvalue weighted by molar-refractivity contribution is 0.0963. The third-order valence-corrected chi connectivity index (χ3v) is 5.89. The number of benzene rings is 1. The van der Waals surface area contributed by atoms with Crippen LogP contribution < -0.4 is 11.1 Å². The molecule has 0 bridgehead atoms. The smallest absolute Gasteiger partial charge is 0.265 e. The first-order chi connectivity index (χ1) is 14.5. The molecule has 0 N–H and O–H groups in total. The quantitative estimate of drug-likeness (QED) is 0.493. The standard InChI is InChI=1S/C24H23N3O3/c1-15-5-7-17(8-6-15)27-12-10-20-22(24(27)29)19-9-11-26(14-18-4-3-13-30-18)23(28)21(19)16(2)25-20/h5-12,18H,3-4,13-14H2,1-2H3. The largest absolute Gasteiger partial charge is 0.376 e. The molecule has 1 saturated heterocycles. The van der Waals surface area contributed by atoms with Gasteiger partial charge in [-0.25, -0.2) is 0 Å². The number of ether oxygens (including phenoxy) is 1. The molecule has 3 aromatic heterocycles. The first kappa shape index (κ1) is 18.8. The number of nitrogens with zero attached hydrogens (tertiary/aromatic N) is 3. The minimum Gasteiger partial charge on any atom is -0.376 e. The van der Waals surface area contributed by atoms with Crippen LogP contribution in [-0.2, 0) is 11.3 Å². The van der Waals surface area contributed by atoms with Gasteiger partial charge in [0.05, 0.1) is 34.6 Å². The molecule has 0 radical (unpaired) electrons. The van der Waals surface area contributed by atoms with Gasteiger partial charge in [-0.05, 0) is 51.0 Å². The SMILES string of the molecule is Cc1ccc(-n2ccc3nc(C)c4c(=O)n(CC5CCCO5)ccc4c3c2=O)cc1. The van der Waals surface area contributed by atoms with Gasteiger partial charge in [0.1, 0.15) is 0 Å².